The van der Waals surface area contributed by atoms with Crippen LogP contribution in [-0.4, -0.2) is 35.7 Å². The summed E-state index contributed by atoms with van der Waals surface area (Å²) >= 11 is 1.32. The maximum absolute atomic E-state index is 12.6. The van der Waals surface area contributed by atoms with Gasteiger partial charge < -0.3 is 5.32 Å². The zero-order valence-corrected chi connectivity index (χ0v) is 16.6. The second kappa shape index (κ2) is 7.84. The number of nitrogens with one attached hydrogen (secondary N) is 1. The third-order valence-corrected chi connectivity index (χ3v) is 5.06. The zero-order chi connectivity index (χ0) is 20.4. The van der Waals surface area contributed by atoms with E-state index in [4.69, 9.17) is 0 Å². The number of aromatic nitrogens is 6. The van der Waals surface area contributed by atoms with Gasteiger partial charge in [0, 0.05) is 12.6 Å². The Morgan fingerprint density at radius 1 is 1.10 bits per heavy atom. The average Bonchev–Trinajstić information content (AvgIpc) is 3.08. The maximum Gasteiger partial charge on any atom is 0.278 e. The Morgan fingerprint density at radius 3 is 2.76 bits per heavy atom. The molecular formula is C19H17N7O2S. The van der Waals surface area contributed by atoms with Gasteiger partial charge in [0.05, 0.1) is 17.0 Å². The molecule has 0 saturated heterocycles. The molecule has 1 amide bonds. The summed E-state index contributed by atoms with van der Waals surface area (Å²) in [5.74, 6) is 0.774. The largest absolute Gasteiger partial charge is 0.326 e. The summed E-state index contributed by atoms with van der Waals surface area (Å²) < 4.78 is 3.16. The van der Waals surface area contributed by atoms with Crippen LogP contribution in [0.15, 0.2) is 58.5 Å². The number of fused-ring (bicyclic) bond motifs is 1. The van der Waals surface area contributed by atoms with Gasteiger partial charge in [-0.25, -0.2) is 0 Å². The van der Waals surface area contributed by atoms with Crippen LogP contribution < -0.4 is 10.9 Å². The van der Waals surface area contributed by atoms with Crippen LogP contribution in [0.5, 0.6) is 0 Å². The normalized spacial score (nSPS) is 11.0. The third kappa shape index (κ3) is 3.87. The predicted octanol–water partition coefficient (Wildman–Crippen LogP) is 2.39. The molecule has 0 fully saturated rings. The molecule has 10 heteroatoms. The van der Waals surface area contributed by atoms with E-state index in [-0.39, 0.29) is 17.3 Å². The molecule has 0 saturated carbocycles. The topological polar surface area (TPSA) is 108 Å². The summed E-state index contributed by atoms with van der Waals surface area (Å²) in [5.41, 5.74) is 1.83. The van der Waals surface area contributed by atoms with Gasteiger partial charge in [-0.05, 0) is 37.3 Å². The van der Waals surface area contributed by atoms with E-state index in [9.17, 15) is 9.59 Å². The first-order valence-corrected chi connectivity index (χ1v) is 9.77. The Balaban J connectivity index is 1.63. The molecule has 0 bridgehead atoms. The summed E-state index contributed by atoms with van der Waals surface area (Å²) in [7, 11) is 0. The van der Waals surface area contributed by atoms with Crippen molar-refractivity contribution in [3.63, 3.8) is 0 Å². The smallest absolute Gasteiger partial charge is 0.278 e. The van der Waals surface area contributed by atoms with Gasteiger partial charge in [-0.3, -0.25) is 14.2 Å². The predicted molar refractivity (Wildman–Crippen MR) is 110 cm³/mol. The van der Waals surface area contributed by atoms with Crippen LogP contribution in [-0.2, 0) is 10.7 Å². The summed E-state index contributed by atoms with van der Waals surface area (Å²) in [5, 5.41) is 20.3. The fourth-order valence-corrected chi connectivity index (χ4v) is 3.76. The van der Waals surface area contributed by atoms with Gasteiger partial charge in [0.1, 0.15) is 11.3 Å². The summed E-state index contributed by atoms with van der Waals surface area (Å²) in [4.78, 5) is 24.0. The van der Waals surface area contributed by atoms with Crippen molar-refractivity contribution in [2.24, 2.45) is 0 Å². The number of hydrogen-bond donors (Lipinski definition) is 1. The van der Waals surface area contributed by atoms with Gasteiger partial charge in [-0.15, -0.1) is 15.3 Å². The Morgan fingerprint density at radius 2 is 1.93 bits per heavy atom. The molecule has 4 rings (SSSR count). The summed E-state index contributed by atoms with van der Waals surface area (Å²) in [6.07, 6.45) is 0. The Bertz CT molecular complexity index is 1260. The highest BCUT2D eigenvalue weighted by Crippen LogP contribution is 2.24. The molecule has 0 aliphatic rings. The van der Waals surface area contributed by atoms with Crippen LogP contribution in [0.2, 0.25) is 0 Å². The highest BCUT2D eigenvalue weighted by atomic mass is 32.2. The number of nitrogens with zero attached hydrogens (tertiary/aromatic N) is 6. The number of anilines is 1. The van der Waals surface area contributed by atoms with Gasteiger partial charge in [0.25, 0.3) is 5.56 Å². The van der Waals surface area contributed by atoms with E-state index >= 15 is 0 Å². The standard InChI is InChI=1S/C19H17N7O2S/c1-12-21-23-19(26(12)15-7-5-6-14(10-15)20-13(2)27)29-11-25-18(28)16-8-3-4-9-17(16)22-24-25/h3-10H,11H2,1-2H3,(H,20,27). The molecule has 0 aliphatic carbocycles. The fourth-order valence-electron chi connectivity index (χ4n) is 2.89. The summed E-state index contributed by atoms with van der Waals surface area (Å²) in [6.45, 7) is 3.30. The van der Waals surface area contributed by atoms with E-state index in [1.165, 1.54) is 23.4 Å². The molecule has 2 aromatic heterocycles. The lowest BCUT2D eigenvalue weighted by atomic mass is 10.2. The zero-order valence-electron chi connectivity index (χ0n) is 15.7. The van der Waals surface area contributed by atoms with Crippen molar-refractivity contribution in [1.82, 2.24) is 29.8 Å². The van der Waals surface area contributed by atoms with Crippen molar-refractivity contribution >= 4 is 34.3 Å². The first-order chi connectivity index (χ1) is 14.0. The first kappa shape index (κ1) is 18.8. The third-order valence-electron chi connectivity index (χ3n) is 4.17. The molecular weight excluding hydrogens is 390 g/mol. The second-order valence-corrected chi connectivity index (χ2v) is 7.19. The second-order valence-electron chi connectivity index (χ2n) is 6.28. The Labute approximate surface area is 169 Å². The lowest BCUT2D eigenvalue weighted by Gasteiger charge is -2.10. The van der Waals surface area contributed by atoms with Crippen LogP contribution in [0, 0.1) is 6.92 Å². The van der Waals surface area contributed by atoms with Gasteiger partial charge in [0.2, 0.25) is 5.91 Å². The molecule has 29 heavy (non-hydrogen) atoms. The van der Waals surface area contributed by atoms with Gasteiger partial charge in [0.15, 0.2) is 5.16 Å². The molecule has 0 atom stereocenters. The van der Waals surface area contributed by atoms with Crippen LogP contribution in [0.25, 0.3) is 16.6 Å². The van der Waals surface area contributed by atoms with E-state index in [0.717, 1.165) is 5.69 Å². The fraction of sp³-hybridized carbons (Fsp3) is 0.158. The van der Waals surface area contributed by atoms with Crippen LogP contribution in [0.4, 0.5) is 5.69 Å². The van der Waals surface area contributed by atoms with Crippen molar-refractivity contribution in [2.45, 2.75) is 24.9 Å². The minimum atomic E-state index is -0.210. The summed E-state index contributed by atoms with van der Waals surface area (Å²) in [6, 6.07) is 14.5. The Kier molecular flexibility index (Phi) is 5.09. The highest BCUT2D eigenvalue weighted by molar-refractivity contribution is 7.98. The van der Waals surface area contributed by atoms with Crippen molar-refractivity contribution in [2.75, 3.05) is 5.32 Å². The van der Waals surface area contributed by atoms with E-state index in [1.807, 2.05) is 41.8 Å². The van der Waals surface area contributed by atoms with Crippen molar-refractivity contribution < 1.29 is 4.79 Å². The Hall–Kier alpha value is -3.53. The minimum absolute atomic E-state index is 0.147. The minimum Gasteiger partial charge on any atom is -0.326 e. The number of rotatable bonds is 5. The number of carbonyl (C=O) groups excluding carboxylic acids is 1. The van der Waals surface area contributed by atoms with E-state index in [1.54, 1.807) is 18.2 Å². The van der Waals surface area contributed by atoms with Gasteiger partial charge in [-0.1, -0.05) is 35.2 Å². The number of benzene rings is 2. The van der Waals surface area contributed by atoms with Crippen LogP contribution in [0.1, 0.15) is 12.7 Å². The molecule has 2 aromatic carbocycles. The average molecular weight is 407 g/mol. The number of carbonyl (C=O) groups is 1. The molecule has 146 valence electrons. The number of amides is 1. The van der Waals surface area contributed by atoms with Crippen molar-refractivity contribution in [1.29, 1.82) is 0 Å². The molecule has 0 unspecified atom stereocenters. The van der Waals surface area contributed by atoms with Gasteiger partial charge in [-0.2, -0.15) is 4.68 Å². The number of thioether (sulfide) groups is 1. The van der Waals surface area contributed by atoms with Crippen LogP contribution >= 0.6 is 11.8 Å². The molecule has 1 N–H and O–H groups in total. The first-order valence-electron chi connectivity index (χ1n) is 8.78. The lowest BCUT2D eigenvalue weighted by Crippen LogP contribution is -2.23. The monoisotopic (exact) mass is 407 g/mol. The van der Waals surface area contributed by atoms with Crippen molar-refractivity contribution in [3.05, 3.63) is 64.7 Å². The van der Waals surface area contributed by atoms with Crippen molar-refractivity contribution in [3.8, 4) is 5.69 Å². The molecule has 9 nitrogen and oxygen atoms in total. The number of hydrogen-bond acceptors (Lipinski definition) is 7. The molecule has 2 heterocycles. The van der Waals surface area contributed by atoms with E-state index in [0.29, 0.717) is 27.6 Å². The molecule has 0 radical (unpaired) electrons. The van der Waals surface area contributed by atoms with E-state index < -0.39 is 0 Å². The van der Waals surface area contributed by atoms with Gasteiger partial charge >= 0.3 is 0 Å². The maximum atomic E-state index is 12.6. The van der Waals surface area contributed by atoms with E-state index in [2.05, 4.69) is 25.8 Å². The van der Waals surface area contributed by atoms with Crippen LogP contribution in [0.3, 0.4) is 0 Å². The molecule has 4 aromatic rings. The quantitative estimate of drug-likeness (QED) is 0.506. The SMILES string of the molecule is CC(=O)Nc1cccc(-n2c(C)nnc2SCn2nnc3ccccc3c2=O)c1. The number of aryl methyl sites for hydroxylation is 1. The highest BCUT2D eigenvalue weighted by Gasteiger charge is 2.14. The molecule has 0 spiro atoms. The lowest BCUT2D eigenvalue weighted by molar-refractivity contribution is -0.114. The molecule has 0 aliphatic heterocycles.